The molecule has 2 heterocycles. The van der Waals surface area contributed by atoms with E-state index in [1.54, 1.807) is 0 Å². The van der Waals surface area contributed by atoms with Crippen LogP contribution in [0.3, 0.4) is 0 Å². The number of benzene rings is 2. The molecule has 1 aliphatic rings. The van der Waals surface area contributed by atoms with Gasteiger partial charge < -0.3 is 14.8 Å². The number of anilines is 1. The number of ether oxygens (including phenoxy) is 2. The number of nitrogens with zero attached hydrogens (tertiary/aromatic N) is 1. The molecule has 2 aromatic carbocycles. The normalized spacial score (nSPS) is 12.8. The minimum Gasteiger partial charge on any atom is -0.454 e. The Morgan fingerprint density at radius 3 is 3.20 bits per heavy atom. The van der Waals surface area contributed by atoms with E-state index in [1.807, 2.05) is 36.5 Å². The second kappa shape index (κ2) is 4.45. The lowest BCUT2D eigenvalue weighted by molar-refractivity contribution is 0.173. The van der Waals surface area contributed by atoms with Crippen molar-refractivity contribution in [3.63, 3.8) is 0 Å². The van der Waals surface area contributed by atoms with Crippen LogP contribution in [0.2, 0.25) is 0 Å². The fraction of sp³-hybridized carbons (Fsp3) is 0.133. The van der Waals surface area contributed by atoms with Crippen LogP contribution in [0.1, 0.15) is 5.56 Å². The van der Waals surface area contributed by atoms with Crippen molar-refractivity contribution in [1.29, 1.82) is 0 Å². The smallest absolute Gasteiger partial charge is 0.231 e. The topological polar surface area (TPSA) is 59.2 Å². The van der Waals surface area contributed by atoms with Crippen molar-refractivity contribution in [1.82, 2.24) is 10.2 Å². The molecule has 3 aromatic rings. The third-order valence-electron chi connectivity index (χ3n) is 3.40. The van der Waals surface area contributed by atoms with E-state index in [4.69, 9.17) is 9.47 Å². The molecule has 0 amide bonds. The minimum atomic E-state index is 0.299. The average Bonchev–Trinajstić information content (AvgIpc) is 3.13. The number of hydrogen-bond donors (Lipinski definition) is 2. The third-order valence-corrected chi connectivity index (χ3v) is 3.40. The Balaban J connectivity index is 1.57. The molecular formula is C15H13N3O2. The quantitative estimate of drug-likeness (QED) is 0.766. The van der Waals surface area contributed by atoms with Gasteiger partial charge in [0.2, 0.25) is 6.79 Å². The fourth-order valence-corrected chi connectivity index (χ4v) is 2.38. The van der Waals surface area contributed by atoms with Crippen molar-refractivity contribution < 1.29 is 9.47 Å². The van der Waals surface area contributed by atoms with E-state index in [1.165, 1.54) is 0 Å². The van der Waals surface area contributed by atoms with Crippen molar-refractivity contribution in [2.45, 2.75) is 6.54 Å². The van der Waals surface area contributed by atoms with Gasteiger partial charge in [-0.2, -0.15) is 5.10 Å². The number of aromatic amines is 1. The van der Waals surface area contributed by atoms with Crippen LogP contribution >= 0.6 is 0 Å². The van der Waals surface area contributed by atoms with Gasteiger partial charge in [-0.05, 0) is 24.3 Å². The lowest BCUT2D eigenvalue weighted by atomic mass is 10.1. The van der Waals surface area contributed by atoms with Crippen LogP contribution in [0.25, 0.3) is 10.9 Å². The first kappa shape index (κ1) is 11.2. The first-order valence-electron chi connectivity index (χ1n) is 6.45. The maximum atomic E-state index is 5.50. The Morgan fingerprint density at radius 1 is 1.20 bits per heavy atom. The molecule has 5 heteroatoms. The predicted molar refractivity (Wildman–Crippen MR) is 76.0 cm³/mol. The Hall–Kier alpha value is -2.69. The number of nitrogens with one attached hydrogen (secondary N) is 2. The second-order valence-electron chi connectivity index (χ2n) is 4.68. The van der Waals surface area contributed by atoms with Gasteiger partial charge in [0.1, 0.15) is 0 Å². The highest BCUT2D eigenvalue weighted by atomic mass is 16.7. The lowest BCUT2D eigenvalue weighted by Gasteiger charge is -2.09. The van der Waals surface area contributed by atoms with Gasteiger partial charge in [0, 0.05) is 23.2 Å². The molecule has 0 radical (unpaired) electrons. The summed E-state index contributed by atoms with van der Waals surface area (Å²) >= 11 is 0. The molecule has 0 saturated carbocycles. The van der Waals surface area contributed by atoms with Crippen molar-refractivity contribution in [2.75, 3.05) is 12.1 Å². The zero-order valence-electron chi connectivity index (χ0n) is 10.7. The minimum absolute atomic E-state index is 0.299. The van der Waals surface area contributed by atoms with Gasteiger partial charge in [0.25, 0.3) is 0 Å². The Morgan fingerprint density at radius 2 is 2.20 bits per heavy atom. The fourth-order valence-electron chi connectivity index (χ4n) is 2.38. The monoisotopic (exact) mass is 267 g/mol. The van der Waals surface area contributed by atoms with E-state index in [-0.39, 0.29) is 0 Å². The highest BCUT2D eigenvalue weighted by Gasteiger charge is 2.16. The molecule has 0 aliphatic carbocycles. The number of hydrogen-bond acceptors (Lipinski definition) is 4. The second-order valence-corrected chi connectivity index (χ2v) is 4.68. The van der Waals surface area contributed by atoms with E-state index >= 15 is 0 Å². The van der Waals surface area contributed by atoms with Crippen molar-refractivity contribution in [2.24, 2.45) is 0 Å². The van der Waals surface area contributed by atoms with Gasteiger partial charge in [-0.1, -0.05) is 12.1 Å². The summed E-state index contributed by atoms with van der Waals surface area (Å²) in [6.07, 6.45) is 1.82. The molecule has 0 fully saturated rings. The highest BCUT2D eigenvalue weighted by molar-refractivity contribution is 5.81. The maximum absolute atomic E-state index is 5.50. The van der Waals surface area contributed by atoms with Crippen molar-refractivity contribution >= 4 is 16.6 Å². The first-order valence-corrected chi connectivity index (χ1v) is 6.45. The number of H-pyrrole nitrogens is 1. The van der Waals surface area contributed by atoms with Gasteiger partial charge in [-0.15, -0.1) is 0 Å². The van der Waals surface area contributed by atoms with E-state index in [0.717, 1.165) is 33.7 Å². The van der Waals surface area contributed by atoms with Crippen LogP contribution in [-0.4, -0.2) is 17.0 Å². The molecule has 0 saturated heterocycles. The van der Waals surface area contributed by atoms with E-state index in [0.29, 0.717) is 13.3 Å². The van der Waals surface area contributed by atoms with Crippen LogP contribution in [0, 0.1) is 0 Å². The van der Waals surface area contributed by atoms with Crippen molar-refractivity contribution in [3.8, 4) is 11.5 Å². The van der Waals surface area contributed by atoms with Gasteiger partial charge >= 0.3 is 0 Å². The van der Waals surface area contributed by atoms with Crippen LogP contribution in [0.5, 0.6) is 11.5 Å². The Bertz CT molecular complexity index is 767. The number of para-hydroxylation sites is 1. The van der Waals surface area contributed by atoms with Crippen LogP contribution in [0.4, 0.5) is 5.69 Å². The lowest BCUT2D eigenvalue weighted by Crippen LogP contribution is -2.01. The number of rotatable bonds is 3. The maximum Gasteiger partial charge on any atom is 0.231 e. The molecule has 2 N–H and O–H groups in total. The summed E-state index contributed by atoms with van der Waals surface area (Å²) in [4.78, 5) is 0. The Kier molecular flexibility index (Phi) is 2.48. The summed E-state index contributed by atoms with van der Waals surface area (Å²) in [6.45, 7) is 0.989. The SMILES string of the molecule is c1cc(CNc2ccc3[nH]ncc3c2)c2c(c1)OCO2. The molecule has 1 aromatic heterocycles. The highest BCUT2D eigenvalue weighted by Crippen LogP contribution is 2.35. The molecule has 100 valence electrons. The molecule has 0 unspecified atom stereocenters. The average molecular weight is 267 g/mol. The molecule has 5 nitrogen and oxygen atoms in total. The molecule has 1 aliphatic heterocycles. The summed E-state index contributed by atoms with van der Waals surface area (Å²) in [6, 6.07) is 12.0. The summed E-state index contributed by atoms with van der Waals surface area (Å²) < 4.78 is 10.9. The van der Waals surface area contributed by atoms with Gasteiger partial charge in [0.05, 0.1) is 11.7 Å². The van der Waals surface area contributed by atoms with Crippen LogP contribution in [0.15, 0.2) is 42.6 Å². The first-order chi connectivity index (χ1) is 9.90. The van der Waals surface area contributed by atoms with Crippen LogP contribution in [-0.2, 0) is 6.54 Å². The predicted octanol–water partition coefficient (Wildman–Crippen LogP) is 2.90. The molecule has 4 rings (SSSR count). The van der Waals surface area contributed by atoms with Gasteiger partial charge in [-0.25, -0.2) is 0 Å². The van der Waals surface area contributed by atoms with Gasteiger partial charge in [0.15, 0.2) is 11.5 Å². The Labute approximate surface area is 115 Å². The summed E-state index contributed by atoms with van der Waals surface area (Å²) in [5.74, 6) is 1.65. The zero-order chi connectivity index (χ0) is 13.4. The number of fused-ring (bicyclic) bond motifs is 2. The standard InChI is InChI=1S/C15H13N3O2/c1-2-10(15-14(3-1)19-9-20-15)7-16-12-4-5-13-11(6-12)8-17-18-13/h1-6,8,16H,7,9H2,(H,17,18). The van der Waals surface area contributed by atoms with E-state index < -0.39 is 0 Å². The molecule has 0 spiro atoms. The number of aromatic nitrogens is 2. The third kappa shape index (κ3) is 1.84. The summed E-state index contributed by atoms with van der Waals surface area (Å²) in [7, 11) is 0. The van der Waals surface area contributed by atoms with Crippen LogP contribution < -0.4 is 14.8 Å². The zero-order valence-corrected chi connectivity index (χ0v) is 10.7. The van der Waals surface area contributed by atoms with Crippen molar-refractivity contribution in [3.05, 3.63) is 48.2 Å². The molecule has 20 heavy (non-hydrogen) atoms. The molecule has 0 bridgehead atoms. The van der Waals surface area contributed by atoms with E-state index in [9.17, 15) is 0 Å². The molecule has 0 atom stereocenters. The largest absolute Gasteiger partial charge is 0.454 e. The molecular weight excluding hydrogens is 254 g/mol. The van der Waals surface area contributed by atoms with E-state index in [2.05, 4.69) is 21.6 Å². The summed E-state index contributed by atoms with van der Waals surface area (Å²) in [5.41, 5.74) is 3.18. The summed E-state index contributed by atoms with van der Waals surface area (Å²) in [5, 5.41) is 11.4. The van der Waals surface area contributed by atoms with Gasteiger partial charge in [-0.3, -0.25) is 5.10 Å².